The molecule has 5 nitrogen and oxygen atoms in total. The maximum atomic E-state index is 11.0. The van der Waals surface area contributed by atoms with E-state index in [0.717, 1.165) is 24.2 Å². The third-order valence-corrected chi connectivity index (χ3v) is 4.66. The van der Waals surface area contributed by atoms with Crippen molar-refractivity contribution < 1.29 is 24.5 Å². The first-order valence-corrected chi connectivity index (χ1v) is 8.90. The smallest absolute Gasteiger partial charge is 0.306 e. The van der Waals surface area contributed by atoms with E-state index in [0.29, 0.717) is 24.7 Å². The second-order valence-electron chi connectivity index (χ2n) is 6.98. The van der Waals surface area contributed by atoms with Gasteiger partial charge in [-0.2, -0.15) is 0 Å². The van der Waals surface area contributed by atoms with Gasteiger partial charge in [0.05, 0.1) is 18.6 Å². The van der Waals surface area contributed by atoms with Gasteiger partial charge in [0.25, 0.3) is 0 Å². The average molecular weight is 356 g/mol. The summed E-state index contributed by atoms with van der Waals surface area (Å²) in [7, 11) is 0. The van der Waals surface area contributed by atoms with Crippen LogP contribution in [-0.4, -0.2) is 28.9 Å². The highest BCUT2D eigenvalue weighted by Gasteiger charge is 2.31. The van der Waals surface area contributed by atoms with Gasteiger partial charge in [-0.25, -0.2) is 0 Å². The molecule has 2 aromatic carbocycles. The van der Waals surface area contributed by atoms with Gasteiger partial charge >= 0.3 is 5.97 Å². The first-order valence-electron chi connectivity index (χ1n) is 8.90. The van der Waals surface area contributed by atoms with E-state index in [1.165, 1.54) is 0 Å². The standard InChI is InChI=1S/C21H24O5/c1-14(21(23)24)8-15-4-2-6-18(9-15)25-13-16-10-20(11-16)26-19-7-3-5-17(22)12-19/h2-7,9,12,14,16,20,22H,8,10-11,13H2,1H3,(H,23,24). The van der Waals surface area contributed by atoms with Gasteiger partial charge < -0.3 is 19.7 Å². The molecule has 0 radical (unpaired) electrons. The fraction of sp³-hybridized carbons (Fsp3) is 0.381. The van der Waals surface area contributed by atoms with E-state index in [1.54, 1.807) is 25.1 Å². The lowest BCUT2D eigenvalue weighted by Crippen LogP contribution is -2.36. The van der Waals surface area contributed by atoms with Gasteiger partial charge in [0.15, 0.2) is 0 Å². The molecule has 1 unspecified atom stereocenters. The van der Waals surface area contributed by atoms with Crippen LogP contribution in [-0.2, 0) is 11.2 Å². The maximum absolute atomic E-state index is 11.0. The highest BCUT2D eigenvalue weighted by Crippen LogP contribution is 2.32. The second-order valence-corrected chi connectivity index (χ2v) is 6.98. The summed E-state index contributed by atoms with van der Waals surface area (Å²) in [6.07, 6.45) is 2.50. The van der Waals surface area contributed by atoms with Crippen molar-refractivity contribution in [1.82, 2.24) is 0 Å². The van der Waals surface area contributed by atoms with E-state index >= 15 is 0 Å². The van der Waals surface area contributed by atoms with Crippen LogP contribution in [0.5, 0.6) is 17.2 Å². The lowest BCUT2D eigenvalue weighted by molar-refractivity contribution is -0.141. The van der Waals surface area contributed by atoms with Gasteiger partial charge in [0.1, 0.15) is 17.2 Å². The van der Waals surface area contributed by atoms with Gasteiger partial charge in [-0.15, -0.1) is 0 Å². The molecule has 0 saturated heterocycles. The quantitative estimate of drug-likeness (QED) is 0.750. The van der Waals surface area contributed by atoms with Crippen LogP contribution in [0.1, 0.15) is 25.3 Å². The molecule has 5 heteroatoms. The summed E-state index contributed by atoms with van der Waals surface area (Å²) in [5.41, 5.74) is 0.969. The van der Waals surface area contributed by atoms with Crippen molar-refractivity contribution in [2.75, 3.05) is 6.61 Å². The molecule has 0 spiro atoms. The lowest BCUT2D eigenvalue weighted by Gasteiger charge is -2.35. The molecule has 0 bridgehead atoms. The average Bonchev–Trinajstić information content (AvgIpc) is 2.57. The van der Waals surface area contributed by atoms with E-state index in [2.05, 4.69) is 0 Å². The van der Waals surface area contributed by atoms with Gasteiger partial charge in [0.2, 0.25) is 0 Å². The van der Waals surface area contributed by atoms with E-state index < -0.39 is 11.9 Å². The van der Waals surface area contributed by atoms with Crippen molar-refractivity contribution in [3.05, 3.63) is 54.1 Å². The summed E-state index contributed by atoms with van der Waals surface area (Å²) in [5, 5.41) is 18.5. The van der Waals surface area contributed by atoms with Crippen molar-refractivity contribution in [2.45, 2.75) is 32.3 Å². The number of phenolic OH excluding ortho intramolecular Hbond substituents is 1. The number of hydrogen-bond acceptors (Lipinski definition) is 4. The number of rotatable bonds is 8. The monoisotopic (exact) mass is 356 g/mol. The van der Waals surface area contributed by atoms with Crippen molar-refractivity contribution in [1.29, 1.82) is 0 Å². The predicted octanol–water partition coefficient (Wildman–Crippen LogP) is 3.89. The molecule has 1 fully saturated rings. The third-order valence-electron chi connectivity index (χ3n) is 4.66. The predicted molar refractivity (Wildman–Crippen MR) is 97.7 cm³/mol. The lowest BCUT2D eigenvalue weighted by atomic mass is 9.83. The molecule has 138 valence electrons. The highest BCUT2D eigenvalue weighted by molar-refractivity contribution is 5.69. The van der Waals surface area contributed by atoms with Gasteiger partial charge in [-0.05, 0) is 55.0 Å². The number of aromatic hydroxyl groups is 1. The number of carboxylic acid groups (broad SMARTS) is 1. The molecule has 1 saturated carbocycles. The summed E-state index contributed by atoms with van der Waals surface area (Å²) >= 11 is 0. The van der Waals surface area contributed by atoms with E-state index in [-0.39, 0.29) is 11.9 Å². The fourth-order valence-corrected chi connectivity index (χ4v) is 3.07. The minimum absolute atomic E-state index is 0.160. The first kappa shape index (κ1) is 18.1. The number of ether oxygens (including phenoxy) is 2. The highest BCUT2D eigenvalue weighted by atomic mass is 16.5. The Kier molecular flexibility index (Phi) is 5.66. The zero-order valence-corrected chi connectivity index (χ0v) is 14.8. The Morgan fingerprint density at radius 1 is 1.15 bits per heavy atom. The molecular formula is C21H24O5. The maximum Gasteiger partial charge on any atom is 0.306 e. The van der Waals surface area contributed by atoms with Crippen molar-refractivity contribution >= 4 is 5.97 Å². The Hall–Kier alpha value is -2.69. The molecule has 3 rings (SSSR count). The molecule has 1 atom stereocenters. The molecule has 1 aliphatic rings. The van der Waals surface area contributed by atoms with Crippen molar-refractivity contribution in [3.8, 4) is 17.2 Å². The van der Waals surface area contributed by atoms with Crippen LogP contribution >= 0.6 is 0 Å². The third kappa shape index (κ3) is 4.91. The first-order chi connectivity index (χ1) is 12.5. The van der Waals surface area contributed by atoms with Gasteiger partial charge in [0, 0.05) is 6.07 Å². The molecule has 0 amide bonds. The largest absolute Gasteiger partial charge is 0.508 e. The molecule has 0 aliphatic heterocycles. The number of phenols is 1. The van der Waals surface area contributed by atoms with Gasteiger partial charge in [-0.3, -0.25) is 4.79 Å². The minimum Gasteiger partial charge on any atom is -0.508 e. The van der Waals surface area contributed by atoms with Crippen LogP contribution in [0.2, 0.25) is 0 Å². The fourth-order valence-electron chi connectivity index (χ4n) is 3.07. The number of carbonyl (C=O) groups is 1. The Bertz CT molecular complexity index is 752. The number of benzene rings is 2. The van der Waals surface area contributed by atoms with Crippen molar-refractivity contribution in [2.24, 2.45) is 11.8 Å². The van der Waals surface area contributed by atoms with Crippen LogP contribution in [0.25, 0.3) is 0 Å². The van der Waals surface area contributed by atoms with Crippen LogP contribution < -0.4 is 9.47 Å². The van der Waals surface area contributed by atoms with Gasteiger partial charge in [-0.1, -0.05) is 25.1 Å². The second kappa shape index (κ2) is 8.13. The molecular weight excluding hydrogens is 332 g/mol. The van der Waals surface area contributed by atoms with Crippen LogP contribution in [0, 0.1) is 11.8 Å². The normalized spacial score (nSPS) is 20.0. The minimum atomic E-state index is -0.788. The molecule has 2 aromatic rings. The zero-order chi connectivity index (χ0) is 18.5. The Labute approximate surface area is 153 Å². The summed E-state index contributed by atoms with van der Waals surface area (Å²) < 4.78 is 11.7. The molecule has 0 heterocycles. The number of aliphatic carboxylic acids is 1. The van der Waals surface area contributed by atoms with E-state index in [4.69, 9.17) is 14.6 Å². The molecule has 26 heavy (non-hydrogen) atoms. The Morgan fingerprint density at radius 2 is 1.88 bits per heavy atom. The van der Waals surface area contributed by atoms with Crippen LogP contribution in [0.4, 0.5) is 0 Å². The number of carboxylic acids is 1. The summed E-state index contributed by atoms with van der Waals surface area (Å²) in [4.78, 5) is 11.0. The van der Waals surface area contributed by atoms with E-state index in [1.807, 2.05) is 30.3 Å². The molecule has 1 aliphatic carbocycles. The Morgan fingerprint density at radius 3 is 2.62 bits per heavy atom. The summed E-state index contributed by atoms with van der Waals surface area (Å²) in [5.74, 6) is 0.917. The van der Waals surface area contributed by atoms with Crippen molar-refractivity contribution in [3.63, 3.8) is 0 Å². The SMILES string of the molecule is CC(Cc1cccc(OCC2CC(Oc3cccc(O)c3)C2)c1)C(=O)O. The van der Waals surface area contributed by atoms with E-state index in [9.17, 15) is 9.90 Å². The zero-order valence-electron chi connectivity index (χ0n) is 14.8. The molecule has 2 N–H and O–H groups in total. The van der Waals surface area contributed by atoms with Crippen LogP contribution in [0.15, 0.2) is 48.5 Å². The molecule has 0 aromatic heterocycles. The summed E-state index contributed by atoms with van der Waals surface area (Å²) in [6, 6.07) is 14.5. The summed E-state index contributed by atoms with van der Waals surface area (Å²) in [6.45, 7) is 2.33. The van der Waals surface area contributed by atoms with Crippen LogP contribution in [0.3, 0.4) is 0 Å². The number of hydrogen-bond donors (Lipinski definition) is 2. The topological polar surface area (TPSA) is 76.0 Å². The Balaban J connectivity index is 1.42.